The summed E-state index contributed by atoms with van der Waals surface area (Å²) in [6, 6.07) is 11.1. The summed E-state index contributed by atoms with van der Waals surface area (Å²) in [4.78, 5) is 32.9. The van der Waals surface area contributed by atoms with Crippen molar-refractivity contribution < 1.29 is 19.1 Å². The quantitative estimate of drug-likeness (QED) is 0.472. The summed E-state index contributed by atoms with van der Waals surface area (Å²) in [5, 5.41) is 13.8. The second-order valence-electron chi connectivity index (χ2n) is 5.99. The molecule has 144 valence electrons. The van der Waals surface area contributed by atoms with E-state index in [4.69, 9.17) is 11.6 Å². The maximum atomic E-state index is 13.8. The number of hydrogen-bond acceptors (Lipinski definition) is 5. The van der Waals surface area contributed by atoms with Gasteiger partial charge in [0.1, 0.15) is 22.1 Å². The summed E-state index contributed by atoms with van der Waals surface area (Å²) >= 11 is 6.71. The Kier molecular flexibility index (Phi) is 4.96. The highest BCUT2D eigenvalue weighted by Gasteiger charge is 2.22. The Balaban J connectivity index is 1.69. The minimum absolute atomic E-state index is 0.0486. The minimum atomic E-state index is -1.25. The second-order valence-corrected chi connectivity index (χ2v) is 7.27. The van der Waals surface area contributed by atoms with Gasteiger partial charge < -0.3 is 10.4 Å². The lowest BCUT2D eigenvalue weighted by Crippen LogP contribution is -2.15. The monoisotopic (exact) mass is 427 g/mol. The van der Waals surface area contributed by atoms with Crippen LogP contribution in [0.2, 0.25) is 5.02 Å². The first-order valence-corrected chi connectivity index (χ1v) is 9.53. The smallest absolute Gasteiger partial charge is 0.339 e. The molecule has 2 aromatic carbocycles. The molecular formula is C20H11ClFN3O3S. The summed E-state index contributed by atoms with van der Waals surface area (Å²) in [7, 11) is 0. The predicted octanol–water partition coefficient (Wildman–Crippen LogP) is 5.10. The summed E-state index contributed by atoms with van der Waals surface area (Å²) in [5.74, 6) is -2.51. The Bertz CT molecular complexity index is 1280. The Morgan fingerprint density at radius 2 is 1.90 bits per heavy atom. The van der Waals surface area contributed by atoms with Gasteiger partial charge in [-0.2, -0.15) is 0 Å². The molecule has 0 aliphatic rings. The lowest BCUT2D eigenvalue weighted by molar-refractivity contribution is 0.0699. The van der Waals surface area contributed by atoms with Crippen molar-refractivity contribution >= 4 is 50.8 Å². The molecule has 0 fully saturated rings. The van der Waals surface area contributed by atoms with Gasteiger partial charge in [0.25, 0.3) is 5.91 Å². The zero-order valence-electron chi connectivity index (χ0n) is 14.5. The fourth-order valence-corrected chi connectivity index (χ4v) is 3.85. The number of aromatic nitrogens is 2. The van der Waals surface area contributed by atoms with Gasteiger partial charge in [-0.15, -0.1) is 11.3 Å². The summed E-state index contributed by atoms with van der Waals surface area (Å²) in [6.45, 7) is 0. The third-order valence-corrected chi connectivity index (χ3v) is 5.35. The number of carbonyl (C=O) groups is 2. The number of nitrogens with zero attached hydrogens (tertiary/aromatic N) is 2. The van der Waals surface area contributed by atoms with Crippen LogP contribution in [0.25, 0.3) is 22.2 Å². The van der Waals surface area contributed by atoms with Crippen LogP contribution in [0.5, 0.6) is 0 Å². The number of rotatable bonds is 4. The van der Waals surface area contributed by atoms with Crippen molar-refractivity contribution in [1.29, 1.82) is 0 Å². The number of anilines is 1. The Morgan fingerprint density at radius 3 is 2.62 bits per heavy atom. The highest BCUT2D eigenvalue weighted by Crippen LogP contribution is 2.36. The van der Waals surface area contributed by atoms with Crippen LogP contribution in [0.3, 0.4) is 0 Å². The fourth-order valence-electron chi connectivity index (χ4n) is 2.77. The highest BCUT2D eigenvalue weighted by molar-refractivity contribution is 7.15. The predicted molar refractivity (Wildman–Crippen MR) is 109 cm³/mol. The van der Waals surface area contributed by atoms with Gasteiger partial charge in [0.05, 0.1) is 22.3 Å². The number of halogens is 2. The standard InChI is InChI=1S/C20H11ClFN3O3S/c21-12-6-5-10(7-13(12)22)11-9-29-19(17(11)20(27)28)25-18(26)16-8-23-14-3-1-2-4-15(14)24-16/h1-9H,(H,25,26)(H,27,28). The third-order valence-electron chi connectivity index (χ3n) is 4.14. The molecule has 0 spiro atoms. The molecule has 1 amide bonds. The van der Waals surface area contributed by atoms with Crippen LogP contribution in [0.4, 0.5) is 9.39 Å². The van der Waals surface area contributed by atoms with Gasteiger partial charge in [-0.1, -0.05) is 29.8 Å². The Hall–Kier alpha value is -3.36. The van der Waals surface area contributed by atoms with Crippen LogP contribution in [-0.4, -0.2) is 27.0 Å². The molecule has 0 saturated carbocycles. The molecule has 0 atom stereocenters. The fraction of sp³-hybridized carbons (Fsp3) is 0. The SMILES string of the molecule is O=C(Nc1scc(-c2ccc(Cl)c(F)c2)c1C(=O)O)c1cnc2ccccc2n1. The lowest BCUT2D eigenvalue weighted by Gasteiger charge is -2.07. The number of para-hydroxylation sites is 2. The van der Waals surface area contributed by atoms with Crippen molar-refractivity contribution in [3.63, 3.8) is 0 Å². The molecule has 0 aliphatic heterocycles. The Labute approximate surface area is 172 Å². The number of benzene rings is 2. The molecule has 2 N–H and O–H groups in total. The molecule has 2 heterocycles. The number of amides is 1. The number of carboxylic acid groups (broad SMARTS) is 1. The molecule has 2 aromatic heterocycles. The van der Waals surface area contributed by atoms with E-state index in [0.29, 0.717) is 16.6 Å². The van der Waals surface area contributed by atoms with Gasteiger partial charge in [0, 0.05) is 10.9 Å². The largest absolute Gasteiger partial charge is 0.478 e. The molecule has 0 aliphatic carbocycles. The third kappa shape index (κ3) is 3.67. The minimum Gasteiger partial charge on any atom is -0.478 e. The number of carbonyl (C=O) groups excluding carboxylic acids is 1. The second kappa shape index (κ2) is 7.57. The highest BCUT2D eigenvalue weighted by atomic mass is 35.5. The first-order chi connectivity index (χ1) is 13.9. The van der Waals surface area contributed by atoms with Crippen molar-refractivity contribution in [1.82, 2.24) is 9.97 Å². The number of thiophene rings is 1. The lowest BCUT2D eigenvalue weighted by atomic mass is 10.0. The average molecular weight is 428 g/mol. The van der Waals surface area contributed by atoms with Gasteiger partial charge in [-0.3, -0.25) is 9.78 Å². The molecule has 9 heteroatoms. The molecule has 29 heavy (non-hydrogen) atoms. The van der Waals surface area contributed by atoms with Gasteiger partial charge in [0.2, 0.25) is 0 Å². The maximum absolute atomic E-state index is 13.8. The molecule has 0 radical (unpaired) electrons. The molecule has 0 bridgehead atoms. The van der Waals surface area contributed by atoms with Crippen LogP contribution >= 0.6 is 22.9 Å². The first-order valence-electron chi connectivity index (χ1n) is 8.27. The summed E-state index contributed by atoms with van der Waals surface area (Å²) in [5.41, 5.74) is 1.71. The molecule has 4 rings (SSSR count). The average Bonchev–Trinajstić information content (AvgIpc) is 3.13. The van der Waals surface area contributed by atoms with E-state index in [1.54, 1.807) is 18.2 Å². The molecular weight excluding hydrogens is 417 g/mol. The van der Waals surface area contributed by atoms with Crippen LogP contribution in [-0.2, 0) is 0 Å². The van der Waals surface area contributed by atoms with Crippen molar-refractivity contribution in [2.24, 2.45) is 0 Å². The van der Waals surface area contributed by atoms with E-state index in [1.807, 2.05) is 6.07 Å². The molecule has 6 nitrogen and oxygen atoms in total. The van der Waals surface area contributed by atoms with E-state index in [-0.39, 0.29) is 26.8 Å². The van der Waals surface area contributed by atoms with Gasteiger partial charge in [-0.25, -0.2) is 14.2 Å². The van der Waals surface area contributed by atoms with E-state index in [9.17, 15) is 19.1 Å². The molecule has 4 aromatic rings. The summed E-state index contributed by atoms with van der Waals surface area (Å²) in [6.07, 6.45) is 1.32. The topological polar surface area (TPSA) is 92.2 Å². The van der Waals surface area contributed by atoms with E-state index >= 15 is 0 Å². The van der Waals surface area contributed by atoms with Crippen molar-refractivity contribution in [3.8, 4) is 11.1 Å². The van der Waals surface area contributed by atoms with Crippen molar-refractivity contribution in [3.05, 3.63) is 76.1 Å². The number of hydrogen-bond donors (Lipinski definition) is 2. The Morgan fingerprint density at radius 1 is 1.14 bits per heavy atom. The van der Waals surface area contributed by atoms with Crippen LogP contribution in [0.15, 0.2) is 54.0 Å². The van der Waals surface area contributed by atoms with Gasteiger partial charge in [0.15, 0.2) is 0 Å². The van der Waals surface area contributed by atoms with E-state index < -0.39 is 17.7 Å². The number of carboxylic acids is 1. The van der Waals surface area contributed by atoms with E-state index in [2.05, 4.69) is 15.3 Å². The van der Waals surface area contributed by atoms with Crippen LogP contribution in [0.1, 0.15) is 20.8 Å². The van der Waals surface area contributed by atoms with Gasteiger partial charge in [-0.05, 0) is 29.8 Å². The number of nitrogens with one attached hydrogen (secondary N) is 1. The maximum Gasteiger partial charge on any atom is 0.339 e. The van der Waals surface area contributed by atoms with Crippen LogP contribution < -0.4 is 5.32 Å². The molecule has 0 unspecified atom stereocenters. The van der Waals surface area contributed by atoms with E-state index in [0.717, 1.165) is 17.4 Å². The first kappa shape index (κ1) is 19.0. The van der Waals surface area contributed by atoms with Crippen molar-refractivity contribution in [2.75, 3.05) is 5.32 Å². The van der Waals surface area contributed by atoms with Crippen LogP contribution in [0, 0.1) is 5.82 Å². The summed E-state index contributed by atoms with van der Waals surface area (Å²) < 4.78 is 13.8. The number of aromatic carboxylic acids is 1. The molecule has 0 saturated heterocycles. The zero-order chi connectivity index (χ0) is 20.5. The zero-order valence-corrected chi connectivity index (χ0v) is 16.1. The van der Waals surface area contributed by atoms with Gasteiger partial charge >= 0.3 is 5.97 Å². The number of fused-ring (bicyclic) bond motifs is 1. The van der Waals surface area contributed by atoms with E-state index in [1.165, 1.54) is 23.7 Å². The normalized spacial score (nSPS) is 10.8. The van der Waals surface area contributed by atoms with Crippen molar-refractivity contribution in [2.45, 2.75) is 0 Å².